The predicted octanol–water partition coefficient (Wildman–Crippen LogP) is 1.85. The zero-order chi connectivity index (χ0) is 14.4. The summed E-state index contributed by atoms with van der Waals surface area (Å²) < 4.78 is 4.96. The number of hydrogen-bond acceptors (Lipinski definition) is 5. The van der Waals surface area contributed by atoms with Gasteiger partial charge >= 0.3 is 0 Å². The van der Waals surface area contributed by atoms with E-state index < -0.39 is 0 Å². The van der Waals surface area contributed by atoms with E-state index >= 15 is 0 Å². The first-order chi connectivity index (χ1) is 9.08. The van der Waals surface area contributed by atoms with Crippen LogP contribution in [0, 0.1) is 0 Å². The molecule has 0 bridgehead atoms. The van der Waals surface area contributed by atoms with E-state index in [1.807, 2.05) is 13.8 Å². The number of rotatable bonds is 5. The first-order valence-electron chi connectivity index (χ1n) is 5.87. The summed E-state index contributed by atoms with van der Waals surface area (Å²) in [4.78, 5) is 27.5. The lowest BCUT2D eigenvalue weighted by Crippen LogP contribution is -2.30. The molecule has 0 saturated carbocycles. The van der Waals surface area contributed by atoms with Crippen LogP contribution in [0.25, 0.3) is 0 Å². The van der Waals surface area contributed by atoms with Gasteiger partial charge in [0, 0.05) is 18.7 Å². The normalized spacial score (nSPS) is 9.63. The minimum atomic E-state index is -0.290. The van der Waals surface area contributed by atoms with Crippen LogP contribution in [0.4, 0.5) is 5.69 Å². The highest BCUT2D eigenvalue weighted by molar-refractivity contribution is 5.96. The molecular formula is C13H16N2O4. The van der Waals surface area contributed by atoms with Gasteiger partial charge in [-0.2, -0.15) is 4.99 Å². The van der Waals surface area contributed by atoms with Gasteiger partial charge in [-0.05, 0) is 26.0 Å². The van der Waals surface area contributed by atoms with E-state index in [-0.39, 0.29) is 23.1 Å². The van der Waals surface area contributed by atoms with Gasteiger partial charge in [0.2, 0.25) is 6.08 Å². The van der Waals surface area contributed by atoms with E-state index in [0.717, 1.165) is 0 Å². The van der Waals surface area contributed by atoms with Crippen molar-refractivity contribution in [3.63, 3.8) is 0 Å². The number of phenols is 1. The highest BCUT2D eigenvalue weighted by atomic mass is 16.5. The Kier molecular flexibility index (Phi) is 5.09. The molecule has 0 unspecified atom stereocenters. The molecule has 0 atom stereocenters. The van der Waals surface area contributed by atoms with Crippen molar-refractivity contribution in [1.82, 2.24) is 4.90 Å². The predicted molar refractivity (Wildman–Crippen MR) is 69.7 cm³/mol. The van der Waals surface area contributed by atoms with Crippen molar-refractivity contribution in [2.45, 2.75) is 13.8 Å². The number of carbonyl (C=O) groups is 1. The third-order valence-corrected chi connectivity index (χ3v) is 2.74. The van der Waals surface area contributed by atoms with Gasteiger partial charge in [0.05, 0.1) is 7.11 Å². The Labute approximate surface area is 111 Å². The minimum absolute atomic E-state index is 0.0372. The number of aliphatic imine (C=N–C) groups is 1. The molecule has 1 aromatic carbocycles. The topological polar surface area (TPSA) is 79.2 Å². The van der Waals surface area contributed by atoms with E-state index in [0.29, 0.717) is 18.7 Å². The molecule has 6 heteroatoms. The van der Waals surface area contributed by atoms with E-state index in [4.69, 9.17) is 4.74 Å². The van der Waals surface area contributed by atoms with Crippen LogP contribution in [0.5, 0.6) is 11.5 Å². The number of nitrogens with zero attached hydrogens (tertiary/aromatic N) is 2. The maximum Gasteiger partial charge on any atom is 0.254 e. The second-order valence-electron chi connectivity index (χ2n) is 3.73. The number of amides is 1. The number of benzene rings is 1. The Morgan fingerprint density at radius 2 is 2.05 bits per heavy atom. The second-order valence-corrected chi connectivity index (χ2v) is 3.73. The third-order valence-electron chi connectivity index (χ3n) is 2.74. The minimum Gasteiger partial charge on any atom is -0.503 e. The number of ether oxygens (including phenoxy) is 1. The van der Waals surface area contributed by atoms with Crippen molar-refractivity contribution in [3.05, 3.63) is 17.7 Å². The van der Waals surface area contributed by atoms with Crippen LogP contribution in [0.3, 0.4) is 0 Å². The van der Waals surface area contributed by atoms with Gasteiger partial charge in [-0.15, -0.1) is 0 Å². The highest BCUT2D eigenvalue weighted by Crippen LogP contribution is 2.37. The standard InChI is InChI=1S/C13H16N2O4/c1-4-15(5-2)13(18)9-6-10(14-8-16)12(17)11(7-9)19-3/h6-7,17H,4-5H2,1-3H3. The summed E-state index contributed by atoms with van der Waals surface area (Å²) in [6, 6.07) is 2.75. The molecule has 0 heterocycles. The van der Waals surface area contributed by atoms with E-state index in [2.05, 4.69) is 4.99 Å². The molecule has 0 aromatic heterocycles. The number of aromatic hydroxyl groups is 1. The van der Waals surface area contributed by atoms with Gasteiger partial charge in [0.25, 0.3) is 5.91 Å². The Morgan fingerprint density at radius 3 is 2.53 bits per heavy atom. The van der Waals surface area contributed by atoms with Crippen molar-refractivity contribution >= 4 is 17.7 Å². The largest absolute Gasteiger partial charge is 0.503 e. The first-order valence-corrected chi connectivity index (χ1v) is 5.87. The molecule has 1 rings (SSSR count). The molecule has 6 nitrogen and oxygen atoms in total. The molecule has 0 aliphatic heterocycles. The molecule has 1 N–H and O–H groups in total. The second kappa shape index (κ2) is 6.56. The van der Waals surface area contributed by atoms with Crippen molar-refractivity contribution in [3.8, 4) is 11.5 Å². The Morgan fingerprint density at radius 1 is 1.42 bits per heavy atom. The summed E-state index contributed by atoms with van der Waals surface area (Å²) in [7, 11) is 1.36. The summed E-state index contributed by atoms with van der Waals surface area (Å²) in [6.45, 7) is 4.85. The molecule has 0 spiro atoms. The SMILES string of the molecule is CCN(CC)C(=O)c1cc(N=C=O)c(O)c(OC)c1. The maximum atomic E-state index is 12.2. The summed E-state index contributed by atoms with van der Waals surface area (Å²) in [6.07, 6.45) is 1.33. The molecule has 0 aliphatic carbocycles. The average Bonchev–Trinajstić information content (AvgIpc) is 2.42. The fourth-order valence-electron chi connectivity index (χ4n) is 1.70. The molecule has 1 amide bonds. The first kappa shape index (κ1) is 14.7. The van der Waals surface area contributed by atoms with Crippen LogP contribution in [0.15, 0.2) is 17.1 Å². The number of carbonyl (C=O) groups excluding carboxylic acids is 2. The van der Waals surface area contributed by atoms with Crippen LogP contribution < -0.4 is 4.74 Å². The lowest BCUT2D eigenvalue weighted by atomic mass is 10.1. The summed E-state index contributed by atoms with van der Waals surface area (Å²) >= 11 is 0. The Hall–Kier alpha value is -2.33. The van der Waals surface area contributed by atoms with E-state index in [1.54, 1.807) is 4.90 Å². The number of methoxy groups -OCH3 is 1. The van der Waals surface area contributed by atoms with Crippen molar-refractivity contribution < 1.29 is 19.4 Å². The van der Waals surface area contributed by atoms with Gasteiger partial charge < -0.3 is 14.7 Å². The molecule has 0 fully saturated rings. The van der Waals surface area contributed by atoms with Gasteiger partial charge in [-0.1, -0.05) is 0 Å². The third kappa shape index (κ3) is 3.11. The maximum absolute atomic E-state index is 12.2. The van der Waals surface area contributed by atoms with E-state index in [1.165, 1.54) is 25.3 Å². The van der Waals surface area contributed by atoms with Crippen molar-refractivity contribution in [1.29, 1.82) is 0 Å². The van der Waals surface area contributed by atoms with Crippen LogP contribution in [0.2, 0.25) is 0 Å². The van der Waals surface area contributed by atoms with Gasteiger partial charge in [-0.3, -0.25) is 4.79 Å². The fraction of sp³-hybridized carbons (Fsp3) is 0.385. The Bertz CT molecular complexity index is 518. The quantitative estimate of drug-likeness (QED) is 0.650. The smallest absolute Gasteiger partial charge is 0.254 e. The molecular weight excluding hydrogens is 248 g/mol. The molecule has 19 heavy (non-hydrogen) atoms. The molecule has 1 aromatic rings. The monoisotopic (exact) mass is 264 g/mol. The molecule has 0 saturated heterocycles. The summed E-state index contributed by atoms with van der Waals surface area (Å²) in [5, 5.41) is 9.76. The number of phenolic OH excluding ortho intramolecular Hbond substituents is 1. The van der Waals surface area contributed by atoms with Crippen molar-refractivity contribution in [2.24, 2.45) is 4.99 Å². The van der Waals surface area contributed by atoms with Crippen LogP contribution in [-0.4, -0.2) is 42.2 Å². The molecule has 102 valence electrons. The number of hydrogen-bond donors (Lipinski definition) is 1. The van der Waals surface area contributed by atoms with Gasteiger partial charge in [-0.25, -0.2) is 4.79 Å². The lowest BCUT2D eigenvalue weighted by molar-refractivity contribution is 0.0772. The zero-order valence-electron chi connectivity index (χ0n) is 11.1. The van der Waals surface area contributed by atoms with Crippen LogP contribution in [0.1, 0.15) is 24.2 Å². The average molecular weight is 264 g/mol. The summed E-state index contributed by atoms with van der Waals surface area (Å²) in [5.74, 6) is -0.417. The molecule has 0 aliphatic rings. The fourth-order valence-corrected chi connectivity index (χ4v) is 1.70. The number of isocyanates is 1. The lowest BCUT2D eigenvalue weighted by Gasteiger charge is -2.19. The zero-order valence-corrected chi connectivity index (χ0v) is 11.1. The van der Waals surface area contributed by atoms with Gasteiger partial charge in [0.15, 0.2) is 11.5 Å². The van der Waals surface area contributed by atoms with Crippen molar-refractivity contribution in [2.75, 3.05) is 20.2 Å². The van der Waals surface area contributed by atoms with Crippen LogP contribution >= 0.6 is 0 Å². The molecule has 0 radical (unpaired) electrons. The summed E-state index contributed by atoms with van der Waals surface area (Å²) in [5.41, 5.74) is 0.261. The Balaban J connectivity index is 3.32. The van der Waals surface area contributed by atoms with E-state index in [9.17, 15) is 14.7 Å². The van der Waals surface area contributed by atoms with Crippen LogP contribution in [-0.2, 0) is 4.79 Å². The highest BCUT2D eigenvalue weighted by Gasteiger charge is 2.18. The van der Waals surface area contributed by atoms with Gasteiger partial charge in [0.1, 0.15) is 5.69 Å².